The van der Waals surface area contributed by atoms with E-state index in [1.807, 2.05) is 0 Å². The van der Waals surface area contributed by atoms with E-state index in [1.165, 1.54) is 12.1 Å². The Morgan fingerprint density at radius 1 is 1.33 bits per heavy atom. The minimum atomic E-state index is -0.727. The molecule has 2 rings (SSSR count). The third-order valence-electron chi connectivity index (χ3n) is 2.45. The van der Waals surface area contributed by atoms with Crippen LogP contribution in [-0.4, -0.2) is 16.6 Å². The van der Waals surface area contributed by atoms with E-state index in [1.54, 1.807) is 30.5 Å². The van der Waals surface area contributed by atoms with Crippen molar-refractivity contribution in [1.82, 2.24) is 4.98 Å². The molecule has 0 amide bonds. The highest BCUT2D eigenvalue weighted by atomic mass is 35.5. The largest absolute Gasteiger partial charge is 0.385 e. The van der Waals surface area contributed by atoms with Gasteiger partial charge in [-0.2, -0.15) is 0 Å². The Kier molecular flexibility index (Phi) is 4.12. The summed E-state index contributed by atoms with van der Waals surface area (Å²) in [5, 5.41) is 12.9. The van der Waals surface area contributed by atoms with Gasteiger partial charge in [0.1, 0.15) is 11.9 Å². The van der Waals surface area contributed by atoms with Crippen LogP contribution in [0.3, 0.4) is 0 Å². The molecule has 0 aliphatic carbocycles. The van der Waals surface area contributed by atoms with Crippen LogP contribution in [0.1, 0.15) is 11.8 Å². The summed E-state index contributed by atoms with van der Waals surface area (Å²) in [6.45, 7) is 0.277. The van der Waals surface area contributed by atoms with Gasteiger partial charge in [-0.1, -0.05) is 17.7 Å². The van der Waals surface area contributed by atoms with Gasteiger partial charge < -0.3 is 10.4 Å². The second kappa shape index (κ2) is 5.80. The SMILES string of the molecule is OC(CNc1ccc(F)c(Cl)c1)c1ccccn1. The van der Waals surface area contributed by atoms with E-state index < -0.39 is 11.9 Å². The van der Waals surface area contributed by atoms with Gasteiger partial charge in [-0.15, -0.1) is 0 Å². The van der Waals surface area contributed by atoms with Crippen LogP contribution in [0.5, 0.6) is 0 Å². The zero-order valence-electron chi connectivity index (χ0n) is 9.48. The molecule has 1 aromatic heterocycles. The lowest BCUT2D eigenvalue weighted by Gasteiger charge is -2.12. The van der Waals surface area contributed by atoms with Crippen LogP contribution in [0.15, 0.2) is 42.6 Å². The van der Waals surface area contributed by atoms with E-state index in [2.05, 4.69) is 10.3 Å². The van der Waals surface area contributed by atoms with Crippen molar-refractivity contribution < 1.29 is 9.50 Å². The molecule has 0 radical (unpaired) electrons. The summed E-state index contributed by atoms with van der Waals surface area (Å²) in [4.78, 5) is 4.05. The Hall–Kier alpha value is -1.65. The number of rotatable bonds is 4. The number of halogens is 2. The molecular formula is C13H12ClFN2O. The van der Waals surface area contributed by atoms with E-state index in [0.717, 1.165) is 0 Å². The van der Waals surface area contributed by atoms with Crippen LogP contribution >= 0.6 is 11.6 Å². The van der Waals surface area contributed by atoms with Crippen molar-refractivity contribution >= 4 is 17.3 Å². The fourth-order valence-electron chi connectivity index (χ4n) is 1.50. The monoisotopic (exact) mass is 266 g/mol. The van der Waals surface area contributed by atoms with Crippen molar-refractivity contribution in [2.45, 2.75) is 6.10 Å². The molecule has 3 nitrogen and oxygen atoms in total. The molecule has 1 atom stereocenters. The quantitative estimate of drug-likeness (QED) is 0.894. The molecule has 1 unspecified atom stereocenters. The molecule has 0 saturated carbocycles. The van der Waals surface area contributed by atoms with Crippen molar-refractivity contribution in [2.24, 2.45) is 0 Å². The molecule has 94 valence electrons. The van der Waals surface area contributed by atoms with Gasteiger partial charge in [-0.05, 0) is 30.3 Å². The minimum absolute atomic E-state index is 0.0484. The summed E-state index contributed by atoms with van der Waals surface area (Å²) in [5.41, 5.74) is 1.23. The van der Waals surface area contributed by atoms with Crippen molar-refractivity contribution in [3.05, 3.63) is 59.1 Å². The summed E-state index contributed by atoms with van der Waals surface area (Å²) in [5.74, 6) is -0.465. The molecule has 0 bridgehead atoms. The minimum Gasteiger partial charge on any atom is -0.385 e. The molecule has 0 spiro atoms. The molecule has 0 aliphatic rings. The molecule has 2 N–H and O–H groups in total. The lowest BCUT2D eigenvalue weighted by Crippen LogP contribution is -2.13. The Bertz CT molecular complexity index is 522. The zero-order valence-corrected chi connectivity index (χ0v) is 10.2. The number of hydrogen-bond acceptors (Lipinski definition) is 3. The second-order valence-electron chi connectivity index (χ2n) is 3.78. The number of aliphatic hydroxyl groups excluding tert-OH is 1. The third kappa shape index (κ3) is 3.18. The topological polar surface area (TPSA) is 45.1 Å². The molecule has 1 heterocycles. The molecular weight excluding hydrogens is 255 g/mol. The van der Waals surface area contributed by atoms with Crippen LogP contribution in [0, 0.1) is 5.82 Å². The lowest BCUT2D eigenvalue weighted by molar-refractivity contribution is 0.187. The zero-order chi connectivity index (χ0) is 13.0. The summed E-state index contributed by atoms with van der Waals surface area (Å²) in [7, 11) is 0. The average molecular weight is 267 g/mol. The first-order valence-electron chi connectivity index (χ1n) is 5.45. The lowest BCUT2D eigenvalue weighted by atomic mass is 10.2. The summed E-state index contributed by atoms with van der Waals surface area (Å²) >= 11 is 5.66. The molecule has 0 aliphatic heterocycles. The molecule has 0 saturated heterocycles. The number of nitrogens with one attached hydrogen (secondary N) is 1. The first-order chi connectivity index (χ1) is 8.66. The Morgan fingerprint density at radius 3 is 2.83 bits per heavy atom. The standard InChI is InChI=1S/C13H12ClFN2O/c14-10-7-9(4-5-11(10)15)17-8-13(18)12-3-1-2-6-16-12/h1-7,13,17-18H,8H2. The fourth-order valence-corrected chi connectivity index (χ4v) is 1.68. The predicted molar refractivity (Wildman–Crippen MR) is 69.1 cm³/mol. The van der Waals surface area contributed by atoms with Crippen LogP contribution in [0.2, 0.25) is 5.02 Å². The Morgan fingerprint density at radius 2 is 2.17 bits per heavy atom. The number of pyridine rings is 1. The Balaban J connectivity index is 1.97. The number of aliphatic hydroxyl groups is 1. The maximum Gasteiger partial charge on any atom is 0.141 e. The van der Waals surface area contributed by atoms with Crippen molar-refractivity contribution in [3.63, 3.8) is 0 Å². The fraction of sp³-hybridized carbons (Fsp3) is 0.154. The van der Waals surface area contributed by atoms with Crippen LogP contribution in [-0.2, 0) is 0 Å². The van der Waals surface area contributed by atoms with Crippen LogP contribution in [0.4, 0.5) is 10.1 Å². The second-order valence-corrected chi connectivity index (χ2v) is 4.19. The molecule has 5 heteroatoms. The first-order valence-corrected chi connectivity index (χ1v) is 5.82. The van der Waals surface area contributed by atoms with Gasteiger partial charge in [0.2, 0.25) is 0 Å². The number of benzene rings is 1. The molecule has 0 fully saturated rings. The van der Waals surface area contributed by atoms with Crippen molar-refractivity contribution in [3.8, 4) is 0 Å². The summed E-state index contributed by atoms with van der Waals surface area (Å²) in [6, 6.07) is 9.64. The maximum absolute atomic E-state index is 12.9. The van der Waals surface area contributed by atoms with Gasteiger partial charge in [0.05, 0.1) is 10.7 Å². The van der Waals surface area contributed by atoms with Crippen LogP contribution in [0.25, 0.3) is 0 Å². The highest BCUT2D eigenvalue weighted by Gasteiger charge is 2.08. The summed E-state index contributed by atoms with van der Waals surface area (Å²) < 4.78 is 12.9. The first kappa shape index (κ1) is 12.8. The highest BCUT2D eigenvalue weighted by Crippen LogP contribution is 2.20. The predicted octanol–water partition coefficient (Wildman–Crippen LogP) is 3.02. The number of aromatic nitrogens is 1. The Labute approximate surface area is 109 Å². The summed E-state index contributed by atoms with van der Waals surface area (Å²) in [6.07, 6.45) is 0.892. The smallest absolute Gasteiger partial charge is 0.141 e. The van der Waals surface area contributed by atoms with Crippen molar-refractivity contribution in [2.75, 3.05) is 11.9 Å². The van der Waals surface area contributed by atoms with E-state index in [0.29, 0.717) is 11.4 Å². The van der Waals surface area contributed by atoms with Gasteiger partial charge in [0.15, 0.2) is 0 Å². The van der Waals surface area contributed by atoms with Crippen LogP contribution < -0.4 is 5.32 Å². The molecule has 18 heavy (non-hydrogen) atoms. The average Bonchev–Trinajstić information content (AvgIpc) is 2.41. The highest BCUT2D eigenvalue weighted by molar-refractivity contribution is 6.31. The van der Waals surface area contributed by atoms with E-state index in [4.69, 9.17) is 11.6 Å². The van der Waals surface area contributed by atoms with Gasteiger partial charge in [0, 0.05) is 18.4 Å². The van der Waals surface area contributed by atoms with Gasteiger partial charge in [-0.3, -0.25) is 4.98 Å². The normalized spacial score (nSPS) is 12.2. The van der Waals surface area contributed by atoms with Gasteiger partial charge in [-0.25, -0.2) is 4.39 Å². The van der Waals surface area contributed by atoms with E-state index >= 15 is 0 Å². The van der Waals surface area contributed by atoms with E-state index in [9.17, 15) is 9.50 Å². The van der Waals surface area contributed by atoms with Gasteiger partial charge >= 0.3 is 0 Å². The van der Waals surface area contributed by atoms with Gasteiger partial charge in [0.25, 0.3) is 0 Å². The van der Waals surface area contributed by atoms with E-state index in [-0.39, 0.29) is 11.6 Å². The number of nitrogens with zero attached hydrogens (tertiary/aromatic N) is 1. The third-order valence-corrected chi connectivity index (χ3v) is 2.74. The maximum atomic E-state index is 12.9. The van der Waals surface area contributed by atoms with Crippen molar-refractivity contribution in [1.29, 1.82) is 0 Å². The number of hydrogen-bond donors (Lipinski definition) is 2. The number of anilines is 1. The molecule has 1 aromatic carbocycles. The molecule has 2 aromatic rings.